The van der Waals surface area contributed by atoms with Crippen LogP contribution < -0.4 is 27.2 Å². The molecule has 212 valence electrons. The van der Waals surface area contributed by atoms with Crippen LogP contribution in [0.1, 0.15) is 40.6 Å². The van der Waals surface area contributed by atoms with Gasteiger partial charge in [0.2, 0.25) is 5.95 Å². The molecule has 0 bridgehead atoms. The number of Topliss-reactive ketones (excluding diaryl/α,β-unsaturated/α-hetero) is 1. The SMILES string of the molecule is CC=CCn1c(N2CCCC(N)C2)nc2c1c(=O)n(CC(=O)c1ccccc1NC(=O)c1ccccn1)c(=O)n2C. The number of nitrogens with two attached hydrogens (primary N) is 1. The van der Waals surface area contributed by atoms with Gasteiger partial charge in [-0.3, -0.25) is 28.5 Å². The van der Waals surface area contributed by atoms with Gasteiger partial charge in [-0.2, -0.15) is 4.98 Å². The molecule has 1 atom stereocenters. The van der Waals surface area contributed by atoms with Crippen molar-refractivity contribution >= 4 is 34.5 Å². The van der Waals surface area contributed by atoms with E-state index in [0.717, 1.165) is 24.0 Å². The van der Waals surface area contributed by atoms with Gasteiger partial charge in [-0.25, -0.2) is 4.79 Å². The Balaban J connectivity index is 1.54. The summed E-state index contributed by atoms with van der Waals surface area (Å²) in [5, 5.41) is 2.71. The van der Waals surface area contributed by atoms with E-state index >= 15 is 0 Å². The van der Waals surface area contributed by atoms with E-state index < -0.39 is 29.5 Å². The third kappa shape index (κ3) is 5.46. The second kappa shape index (κ2) is 11.7. The Morgan fingerprint density at radius 1 is 1.12 bits per heavy atom. The van der Waals surface area contributed by atoms with Crippen LogP contribution in [0, 0.1) is 0 Å². The van der Waals surface area contributed by atoms with Gasteiger partial charge in [0.1, 0.15) is 5.69 Å². The number of ketones is 1. The number of para-hydroxylation sites is 1. The number of piperidine rings is 1. The summed E-state index contributed by atoms with van der Waals surface area (Å²) in [6, 6.07) is 11.4. The normalized spacial score (nSPS) is 15.5. The number of aromatic nitrogens is 5. The minimum atomic E-state index is -0.663. The molecular formula is C29H32N8O4. The summed E-state index contributed by atoms with van der Waals surface area (Å²) >= 11 is 0. The number of allylic oxidation sites excluding steroid dienone is 2. The second-order valence-electron chi connectivity index (χ2n) is 9.98. The van der Waals surface area contributed by atoms with Crippen LogP contribution in [0.25, 0.3) is 11.2 Å². The van der Waals surface area contributed by atoms with E-state index in [4.69, 9.17) is 10.7 Å². The number of anilines is 2. The summed E-state index contributed by atoms with van der Waals surface area (Å²) in [5.74, 6) is -0.438. The first kappa shape index (κ1) is 27.7. The van der Waals surface area contributed by atoms with Gasteiger partial charge in [0.05, 0.1) is 12.2 Å². The van der Waals surface area contributed by atoms with Gasteiger partial charge in [0, 0.05) is 44.5 Å². The molecule has 12 heteroatoms. The largest absolute Gasteiger partial charge is 0.341 e. The summed E-state index contributed by atoms with van der Waals surface area (Å²) in [6.45, 7) is 3.04. The topological polar surface area (TPSA) is 150 Å². The van der Waals surface area contributed by atoms with E-state index in [-0.39, 0.29) is 34.2 Å². The monoisotopic (exact) mass is 556 g/mol. The van der Waals surface area contributed by atoms with Crippen LogP contribution in [-0.4, -0.2) is 54.5 Å². The third-order valence-electron chi connectivity index (χ3n) is 7.15. The van der Waals surface area contributed by atoms with Gasteiger partial charge in [0.15, 0.2) is 16.9 Å². The summed E-state index contributed by atoms with van der Waals surface area (Å²) in [4.78, 5) is 64.2. The fourth-order valence-electron chi connectivity index (χ4n) is 5.06. The first-order chi connectivity index (χ1) is 19.8. The molecule has 1 unspecified atom stereocenters. The number of pyridine rings is 1. The zero-order valence-corrected chi connectivity index (χ0v) is 23.0. The molecule has 1 amide bonds. The van der Waals surface area contributed by atoms with E-state index in [9.17, 15) is 19.2 Å². The van der Waals surface area contributed by atoms with Crippen molar-refractivity contribution in [2.75, 3.05) is 23.3 Å². The average molecular weight is 557 g/mol. The molecule has 0 spiro atoms. The van der Waals surface area contributed by atoms with Crippen molar-refractivity contribution in [2.45, 2.75) is 38.9 Å². The van der Waals surface area contributed by atoms with Gasteiger partial charge >= 0.3 is 5.69 Å². The predicted molar refractivity (Wildman–Crippen MR) is 156 cm³/mol. The molecule has 3 N–H and O–H groups in total. The van der Waals surface area contributed by atoms with Crippen molar-refractivity contribution in [3.8, 4) is 0 Å². The number of imidazole rings is 1. The molecule has 41 heavy (non-hydrogen) atoms. The average Bonchev–Trinajstić information content (AvgIpc) is 3.37. The fraction of sp³-hybridized carbons (Fsp3) is 0.310. The molecule has 4 aromatic rings. The molecular weight excluding hydrogens is 524 g/mol. The first-order valence-electron chi connectivity index (χ1n) is 13.5. The van der Waals surface area contributed by atoms with Crippen LogP contribution in [0.5, 0.6) is 0 Å². The van der Waals surface area contributed by atoms with Crippen molar-refractivity contribution in [3.05, 3.63) is 92.9 Å². The lowest BCUT2D eigenvalue weighted by Gasteiger charge is -2.31. The number of benzene rings is 1. The van der Waals surface area contributed by atoms with Crippen molar-refractivity contribution in [1.82, 2.24) is 23.7 Å². The summed E-state index contributed by atoms with van der Waals surface area (Å²) in [5.41, 5.74) is 6.01. The van der Waals surface area contributed by atoms with E-state index in [1.807, 2.05) is 24.0 Å². The maximum Gasteiger partial charge on any atom is 0.332 e. The second-order valence-corrected chi connectivity index (χ2v) is 9.98. The Bertz CT molecular complexity index is 1750. The lowest BCUT2D eigenvalue weighted by Crippen LogP contribution is -2.44. The molecule has 12 nitrogen and oxygen atoms in total. The number of carbonyl (C=O) groups excluding carboxylic acids is 2. The number of nitrogens with zero attached hydrogens (tertiary/aromatic N) is 6. The molecule has 1 aliphatic heterocycles. The molecule has 1 fully saturated rings. The Kier molecular flexibility index (Phi) is 7.92. The van der Waals surface area contributed by atoms with E-state index in [0.29, 0.717) is 19.0 Å². The fourth-order valence-corrected chi connectivity index (χ4v) is 5.06. The zero-order valence-electron chi connectivity index (χ0n) is 23.0. The highest BCUT2D eigenvalue weighted by atomic mass is 16.2. The van der Waals surface area contributed by atoms with Crippen LogP contribution in [0.4, 0.5) is 11.6 Å². The van der Waals surface area contributed by atoms with Gasteiger partial charge in [-0.1, -0.05) is 30.4 Å². The van der Waals surface area contributed by atoms with Crippen LogP contribution in [-0.2, 0) is 20.1 Å². The highest BCUT2D eigenvalue weighted by Crippen LogP contribution is 2.23. The lowest BCUT2D eigenvalue weighted by atomic mass is 10.1. The number of fused-ring (bicyclic) bond motifs is 1. The van der Waals surface area contributed by atoms with Gasteiger partial charge < -0.3 is 20.5 Å². The molecule has 0 saturated carbocycles. The van der Waals surface area contributed by atoms with Crippen LogP contribution in [0.2, 0.25) is 0 Å². The Morgan fingerprint density at radius 2 is 1.90 bits per heavy atom. The molecule has 3 aromatic heterocycles. The van der Waals surface area contributed by atoms with Crippen molar-refractivity contribution in [3.63, 3.8) is 0 Å². The Labute approximate surface area is 235 Å². The van der Waals surface area contributed by atoms with Crippen LogP contribution in [0.3, 0.4) is 0 Å². The van der Waals surface area contributed by atoms with Crippen LogP contribution >= 0.6 is 0 Å². The minimum Gasteiger partial charge on any atom is -0.341 e. The van der Waals surface area contributed by atoms with Gasteiger partial charge in [-0.05, 0) is 44.0 Å². The summed E-state index contributed by atoms with van der Waals surface area (Å²) < 4.78 is 3.98. The van der Waals surface area contributed by atoms with E-state index in [1.54, 1.807) is 47.0 Å². The quantitative estimate of drug-likeness (QED) is 0.247. The van der Waals surface area contributed by atoms with Crippen LogP contribution in [0.15, 0.2) is 70.4 Å². The number of hydrogen-bond donors (Lipinski definition) is 2. The predicted octanol–water partition coefficient (Wildman–Crippen LogP) is 1.93. The molecule has 1 saturated heterocycles. The van der Waals surface area contributed by atoms with Gasteiger partial charge in [0.25, 0.3) is 11.5 Å². The van der Waals surface area contributed by atoms with Crippen molar-refractivity contribution in [2.24, 2.45) is 12.8 Å². The minimum absolute atomic E-state index is 0.0185. The maximum absolute atomic E-state index is 13.9. The highest BCUT2D eigenvalue weighted by Gasteiger charge is 2.27. The molecule has 4 heterocycles. The molecule has 5 rings (SSSR count). The summed E-state index contributed by atoms with van der Waals surface area (Å²) in [7, 11) is 1.53. The highest BCUT2D eigenvalue weighted by molar-refractivity contribution is 6.08. The smallest absolute Gasteiger partial charge is 0.332 e. The molecule has 1 aromatic carbocycles. The Morgan fingerprint density at radius 3 is 2.63 bits per heavy atom. The van der Waals surface area contributed by atoms with Gasteiger partial charge in [-0.15, -0.1) is 0 Å². The first-order valence-corrected chi connectivity index (χ1v) is 13.5. The maximum atomic E-state index is 13.9. The summed E-state index contributed by atoms with van der Waals surface area (Å²) in [6.07, 6.45) is 7.06. The Hall–Kier alpha value is -4.84. The molecule has 1 aliphatic rings. The van der Waals surface area contributed by atoms with E-state index in [1.165, 1.54) is 17.8 Å². The number of rotatable bonds is 8. The third-order valence-corrected chi connectivity index (χ3v) is 7.15. The van der Waals surface area contributed by atoms with E-state index in [2.05, 4.69) is 10.3 Å². The number of carbonyl (C=O) groups is 2. The number of amides is 1. The standard InChI is InChI=1S/C29H32N8O4/c1-3-4-16-36-24-25(33-28(36)35-15-9-10-19(30)17-35)34(2)29(41)37(27(24)40)18-23(38)20-11-5-6-12-21(20)32-26(39)22-13-7-8-14-31-22/h3-8,11-14,19H,9-10,15-18,30H2,1-2H3,(H,32,39). The number of nitrogens with one attached hydrogen (secondary N) is 1. The lowest BCUT2D eigenvalue weighted by molar-refractivity contribution is 0.0969. The van der Waals surface area contributed by atoms with Crippen molar-refractivity contribution in [1.29, 1.82) is 0 Å². The number of hydrogen-bond acceptors (Lipinski definition) is 8. The zero-order chi connectivity index (χ0) is 29.1. The van der Waals surface area contributed by atoms with Crippen molar-refractivity contribution < 1.29 is 9.59 Å². The molecule has 0 radical (unpaired) electrons. The molecule has 0 aliphatic carbocycles. The number of aryl methyl sites for hydroxylation is 1.